The SMILES string of the molecule is CCNC(=NCc1ccc(N2CCOCC2)c(F)c1)NC(C)C.I. The highest BCUT2D eigenvalue weighted by atomic mass is 127. The third-order valence-electron chi connectivity index (χ3n) is 3.55. The molecule has 5 nitrogen and oxygen atoms in total. The Morgan fingerprint density at radius 2 is 2.04 bits per heavy atom. The van der Waals surface area contributed by atoms with E-state index < -0.39 is 0 Å². The predicted molar refractivity (Wildman–Crippen MR) is 108 cm³/mol. The number of hydrogen-bond donors (Lipinski definition) is 2. The lowest BCUT2D eigenvalue weighted by Gasteiger charge is -2.29. The minimum atomic E-state index is -0.193. The first-order chi connectivity index (χ1) is 11.1. The standard InChI is InChI=1S/C17H27FN4O.HI/c1-4-19-17(21-13(2)3)20-12-14-5-6-16(15(18)11-14)22-7-9-23-10-8-22;/h5-6,11,13H,4,7-10,12H2,1-3H3,(H2,19,20,21);1H. The second kappa shape index (κ2) is 10.7. The van der Waals surface area contributed by atoms with Gasteiger partial charge in [0, 0.05) is 25.7 Å². The first-order valence-electron chi connectivity index (χ1n) is 8.26. The zero-order chi connectivity index (χ0) is 16.7. The number of nitrogens with zero attached hydrogens (tertiary/aromatic N) is 2. The third kappa shape index (κ3) is 6.43. The van der Waals surface area contributed by atoms with E-state index in [-0.39, 0.29) is 29.8 Å². The van der Waals surface area contributed by atoms with Gasteiger partial charge in [0.05, 0.1) is 25.4 Å². The summed E-state index contributed by atoms with van der Waals surface area (Å²) in [5.74, 6) is 0.557. The van der Waals surface area contributed by atoms with Gasteiger partial charge in [-0.2, -0.15) is 0 Å². The number of guanidine groups is 1. The fourth-order valence-corrected chi connectivity index (χ4v) is 2.47. The maximum Gasteiger partial charge on any atom is 0.191 e. The molecule has 7 heteroatoms. The molecule has 1 heterocycles. The van der Waals surface area contributed by atoms with Gasteiger partial charge in [-0.3, -0.25) is 0 Å². The van der Waals surface area contributed by atoms with Crippen LogP contribution < -0.4 is 15.5 Å². The molecule has 0 spiro atoms. The van der Waals surface area contributed by atoms with Crippen LogP contribution in [0, 0.1) is 5.82 Å². The summed E-state index contributed by atoms with van der Waals surface area (Å²) < 4.78 is 19.7. The second-order valence-corrected chi connectivity index (χ2v) is 5.88. The molecule has 0 amide bonds. The maximum absolute atomic E-state index is 14.4. The molecule has 0 bridgehead atoms. The normalized spacial score (nSPS) is 15.2. The zero-order valence-electron chi connectivity index (χ0n) is 14.6. The molecule has 24 heavy (non-hydrogen) atoms. The van der Waals surface area contributed by atoms with E-state index in [1.54, 1.807) is 6.07 Å². The van der Waals surface area contributed by atoms with Crippen molar-refractivity contribution in [3.05, 3.63) is 29.6 Å². The minimum absolute atomic E-state index is 0. The molecule has 1 fully saturated rings. The van der Waals surface area contributed by atoms with Gasteiger partial charge < -0.3 is 20.3 Å². The lowest BCUT2D eigenvalue weighted by atomic mass is 10.1. The van der Waals surface area contributed by atoms with Crippen LogP contribution in [0.4, 0.5) is 10.1 Å². The predicted octanol–water partition coefficient (Wildman–Crippen LogP) is 2.74. The van der Waals surface area contributed by atoms with Gasteiger partial charge in [-0.15, -0.1) is 24.0 Å². The summed E-state index contributed by atoms with van der Waals surface area (Å²) in [4.78, 5) is 6.53. The first kappa shape index (κ1) is 21.0. The van der Waals surface area contributed by atoms with Gasteiger partial charge in [-0.1, -0.05) is 6.07 Å². The van der Waals surface area contributed by atoms with Crippen LogP contribution in [0.15, 0.2) is 23.2 Å². The van der Waals surface area contributed by atoms with Crippen LogP contribution in [0.2, 0.25) is 0 Å². The zero-order valence-corrected chi connectivity index (χ0v) is 17.0. The molecule has 0 unspecified atom stereocenters. The topological polar surface area (TPSA) is 48.9 Å². The molecular weight excluding hydrogens is 422 g/mol. The van der Waals surface area contributed by atoms with Crippen molar-refractivity contribution in [3.8, 4) is 0 Å². The Balaban J connectivity index is 0.00000288. The van der Waals surface area contributed by atoms with Crippen LogP contribution in [-0.4, -0.2) is 44.8 Å². The molecule has 1 aromatic rings. The molecular formula is C17H28FIN4O. The van der Waals surface area contributed by atoms with Crippen molar-refractivity contribution in [2.24, 2.45) is 4.99 Å². The molecule has 1 saturated heterocycles. The smallest absolute Gasteiger partial charge is 0.191 e. The Hall–Kier alpha value is -1.09. The van der Waals surface area contributed by atoms with Crippen LogP contribution in [0.3, 0.4) is 0 Å². The van der Waals surface area contributed by atoms with Crippen molar-refractivity contribution in [1.82, 2.24) is 10.6 Å². The summed E-state index contributed by atoms with van der Waals surface area (Å²) in [6, 6.07) is 5.66. The van der Waals surface area contributed by atoms with Gasteiger partial charge in [-0.05, 0) is 38.5 Å². The number of benzene rings is 1. The molecule has 0 saturated carbocycles. The van der Waals surface area contributed by atoms with E-state index in [1.165, 1.54) is 0 Å². The summed E-state index contributed by atoms with van der Waals surface area (Å²) in [6.07, 6.45) is 0. The van der Waals surface area contributed by atoms with Gasteiger partial charge in [0.2, 0.25) is 0 Å². The number of nitrogens with one attached hydrogen (secondary N) is 2. The van der Waals surface area contributed by atoms with Crippen molar-refractivity contribution in [2.75, 3.05) is 37.7 Å². The number of halogens is 2. The van der Waals surface area contributed by atoms with Crippen LogP contribution in [0.5, 0.6) is 0 Å². The molecule has 0 atom stereocenters. The van der Waals surface area contributed by atoms with Gasteiger partial charge >= 0.3 is 0 Å². The number of hydrogen-bond acceptors (Lipinski definition) is 3. The highest BCUT2D eigenvalue weighted by Crippen LogP contribution is 2.21. The maximum atomic E-state index is 14.4. The van der Waals surface area contributed by atoms with Gasteiger partial charge in [0.15, 0.2) is 5.96 Å². The van der Waals surface area contributed by atoms with Crippen molar-refractivity contribution in [1.29, 1.82) is 0 Å². The highest BCUT2D eigenvalue weighted by molar-refractivity contribution is 14.0. The summed E-state index contributed by atoms with van der Waals surface area (Å²) >= 11 is 0. The van der Waals surface area contributed by atoms with E-state index >= 15 is 0 Å². The van der Waals surface area contributed by atoms with Gasteiger partial charge in [0.1, 0.15) is 5.82 Å². The molecule has 2 rings (SSSR count). The van der Waals surface area contributed by atoms with Crippen LogP contribution in [0.1, 0.15) is 26.3 Å². The molecule has 0 radical (unpaired) electrons. The van der Waals surface area contributed by atoms with Crippen molar-refractivity contribution < 1.29 is 9.13 Å². The van der Waals surface area contributed by atoms with Gasteiger partial charge in [0.25, 0.3) is 0 Å². The van der Waals surface area contributed by atoms with E-state index in [1.807, 2.05) is 24.0 Å². The summed E-state index contributed by atoms with van der Waals surface area (Å²) in [6.45, 7) is 10.2. The second-order valence-electron chi connectivity index (χ2n) is 5.88. The van der Waals surface area contributed by atoms with E-state index in [0.29, 0.717) is 31.5 Å². The quantitative estimate of drug-likeness (QED) is 0.412. The van der Waals surface area contributed by atoms with Crippen molar-refractivity contribution in [3.63, 3.8) is 0 Å². The van der Waals surface area contributed by atoms with E-state index in [9.17, 15) is 4.39 Å². The lowest BCUT2D eigenvalue weighted by molar-refractivity contribution is 0.122. The first-order valence-corrected chi connectivity index (χ1v) is 8.26. The molecule has 1 aromatic carbocycles. The Labute approximate surface area is 161 Å². The van der Waals surface area contributed by atoms with E-state index in [2.05, 4.69) is 29.5 Å². The average molecular weight is 450 g/mol. The van der Waals surface area contributed by atoms with Crippen LogP contribution in [0.25, 0.3) is 0 Å². The van der Waals surface area contributed by atoms with Crippen molar-refractivity contribution in [2.45, 2.75) is 33.4 Å². The fourth-order valence-electron chi connectivity index (χ4n) is 2.47. The number of ether oxygens (including phenoxy) is 1. The Morgan fingerprint density at radius 1 is 1.33 bits per heavy atom. The summed E-state index contributed by atoms with van der Waals surface area (Å²) in [5, 5.41) is 6.44. The number of anilines is 1. The number of rotatable bonds is 5. The molecule has 1 aliphatic heterocycles. The Kier molecular flexibility index (Phi) is 9.35. The third-order valence-corrected chi connectivity index (χ3v) is 3.55. The monoisotopic (exact) mass is 450 g/mol. The Bertz CT molecular complexity index is 533. The fraction of sp³-hybridized carbons (Fsp3) is 0.588. The van der Waals surface area contributed by atoms with E-state index in [0.717, 1.165) is 31.2 Å². The van der Waals surface area contributed by atoms with Gasteiger partial charge in [-0.25, -0.2) is 9.38 Å². The Morgan fingerprint density at radius 3 is 2.62 bits per heavy atom. The molecule has 2 N–H and O–H groups in total. The number of aliphatic imine (C=N–C) groups is 1. The lowest BCUT2D eigenvalue weighted by Crippen LogP contribution is -2.41. The van der Waals surface area contributed by atoms with Crippen LogP contribution in [-0.2, 0) is 11.3 Å². The summed E-state index contributed by atoms with van der Waals surface area (Å²) in [5.41, 5.74) is 1.51. The molecule has 136 valence electrons. The molecule has 0 aromatic heterocycles. The van der Waals surface area contributed by atoms with Crippen LogP contribution >= 0.6 is 24.0 Å². The van der Waals surface area contributed by atoms with Crippen molar-refractivity contribution >= 4 is 35.6 Å². The highest BCUT2D eigenvalue weighted by Gasteiger charge is 2.15. The largest absolute Gasteiger partial charge is 0.378 e. The van der Waals surface area contributed by atoms with E-state index in [4.69, 9.17) is 4.74 Å². The minimum Gasteiger partial charge on any atom is -0.378 e. The molecule has 0 aliphatic carbocycles. The number of morpholine rings is 1. The molecule has 1 aliphatic rings. The summed E-state index contributed by atoms with van der Waals surface area (Å²) in [7, 11) is 0. The average Bonchev–Trinajstić information content (AvgIpc) is 2.53.